The van der Waals surface area contributed by atoms with Crippen molar-refractivity contribution >= 4 is 23.7 Å². The average molecular weight is 339 g/mol. The molecule has 1 aromatic heterocycles. The van der Waals surface area contributed by atoms with Gasteiger partial charge in [0.15, 0.2) is 0 Å². The van der Waals surface area contributed by atoms with Gasteiger partial charge in [-0.05, 0) is 12.1 Å². The summed E-state index contributed by atoms with van der Waals surface area (Å²) >= 11 is 0. The summed E-state index contributed by atoms with van der Waals surface area (Å²) in [6.45, 7) is 3.61. The van der Waals surface area contributed by atoms with Crippen LogP contribution in [0.15, 0.2) is 59.2 Å². The molecular weight excluding hydrogens is 326 g/mol. The largest absolute Gasteiger partial charge is 0.457 e. The van der Waals surface area contributed by atoms with Gasteiger partial charge in [0.25, 0.3) is 11.6 Å². The number of nitrogens with one attached hydrogen (secondary N) is 1. The van der Waals surface area contributed by atoms with Crippen LogP contribution in [0.25, 0.3) is 17.4 Å². The second-order valence-electron chi connectivity index (χ2n) is 5.20. The van der Waals surface area contributed by atoms with E-state index in [1.165, 1.54) is 24.3 Å². The predicted molar refractivity (Wildman–Crippen MR) is 89.2 cm³/mol. The number of nitrogens with zero attached hydrogens (tertiary/aromatic N) is 2. The molecule has 0 bridgehead atoms. The molecule has 0 unspecified atom stereocenters. The van der Waals surface area contributed by atoms with Crippen LogP contribution in [0.5, 0.6) is 0 Å². The quantitative estimate of drug-likeness (QED) is 0.296. The highest BCUT2D eigenvalue weighted by Crippen LogP contribution is 2.27. The van der Waals surface area contributed by atoms with Crippen molar-refractivity contribution in [1.82, 2.24) is 10.2 Å². The van der Waals surface area contributed by atoms with Crippen molar-refractivity contribution in [3.63, 3.8) is 0 Å². The van der Waals surface area contributed by atoms with Crippen molar-refractivity contribution < 1.29 is 18.9 Å². The number of furan rings is 1. The fourth-order valence-corrected chi connectivity index (χ4v) is 2.37. The van der Waals surface area contributed by atoms with E-state index in [-0.39, 0.29) is 17.9 Å². The zero-order chi connectivity index (χ0) is 18.0. The van der Waals surface area contributed by atoms with Crippen LogP contribution in [0, 0.1) is 10.1 Å². The number of hydrogen-bond donors (Lipinski definition) is 1. The summed E-state index contributed by atoms with van der Waals surface area (Å²) < 4.78 is 5.60. The van der Waals surface area contributed by atoms with Gasteiger partial charge in [0, 0.05) is 30.3 Å². The number of nitro benzene ring substituents is 1. The summed E-state index contributed by atoms with van der Waals surface area (Å²) in [7, 11) is 0. The highest BCUT2D eigenvalue weighted by molar-refractivity contribution is 6.13. The number of rotatable bonds is 5. The van der Waals surface area contributed by atoms with Crippen LogP contribution in [0.1, 0.15) is 5.76 Å². The van der Waals surface area contributed by atoms with Gasteiger partial charge >= 0.3 is 6.03 Å². The molecule has 1 saturated heterocycles. The number of nitro groups is 1. The molecule has 2 heterocycles. The third kappa shape index (κ3) is 3.18. The van der Waals surface area contributed by atoms with Gasteiger partial charge in [0.1, 0.15) is 17.2 Å². The Balaban J connectivity index is 1.86. The van der Waals surface area contributed by atoms with Crippen LogP contribution in [0.2, 0.25) is 0 Å². The molecule has 0 spiro atoms. The topological polar surface area (TPSA) is 106 Å². The highest BCUT2D eigenvalue weighted by atomic mass is 16.6. The molecule has 0 aliphatic carbocycles. The Morgan fingerprint density at radius 2 is 2.08 bits per heavy atom. The van der Waals surface area contributed by atoms with Crippen LogP contribution in [0.3, 0.4) is 0 Å². The summed E-state index contributed by atoms with van der Waals surface area (Å²) in [6.07, 6.45) is 2.86. The molecule has 8 heteroatoms. The Morgan fingerprint density at radius 1 is 1.28 bits per heavy atom. The first-order valence-electron chi connectivity index (χ1n) is 7.29. The van der Waals surface area contributed by atoms with Gasteiger partial charge in [-0.3, -0.25) is 19.8 Å². The number of urea groups is 1. The second-order valence-corrected chi connectivity index (χ2v) is 5.20. The molecule has 1 aliphatic rings. The third-order valence-electron chi connectivity index (χ3n) is 3.53. The fraction of sp³-hybridized carbons (Fsp3) is 0.0588. The monoisotopic (exact) mass is 339 g/mol. The SMILES string of the molecule is C=CCN1C(=O)N/C(=C/c2ccc(-c3cccc([N+](=O)[O-])c3)o2)C1=O. The lowest BCUT2D eigenvalue weighted by atomic mass is 10.1. The first kappa shape index (κ1) is 16.2. The number of carbonyl (C=O) groups excluding carboxylic acids is 2. The average Bonchev–Trinajstić information content (AvgIpc) is 3.16. The second kappa shape index (κ2) is 6.44. The van der Waals surface area contributed by atoms with E-state index < -0.39 is 16.9 Å². The summed E-state index contributed by atoms with van der Waals surface area (Å²) in [5, 5.41) is 13.3. The van der Waals surface area contributed by atoms with E-state index in [0.29, 0.717) is 17.1 Å². The number of imide groups is 1. The number of non-ortho nitro benzene ring substituents is 1. The maximum atomic E-state index is 12.1. The zero-order valence-corrected chi connectivity index (χ0v) is 13.0. The summed E-state index contributed by atoms with van der Waals surface area (Å²) in [6, 6.07) is 8.73. The number of benzene rings is 1. The van der Waals surface area contributed by atoms with Crippen molar-refractivity contribution in [2.24, 2.45) is 0 Å². The van der Waals surface area contributed by atoms with E-state index in [1.807, 2.05) is 0 Å². The molecule has 1 fully saturated rings. The van der Waals surface area contributed by atoms with E-state index in [2.05, 4.69) is 11.9 Å². The Bertz CT molecular complexity index is 913. The number of amides is 3. The normalized spacial score (nSPS) is 15.5. The molecule has 8 nitrogen and oxygen atoms in total. The Hall–Kier alpha value is -3.68. The van der Waals surface area contributed by atoms with E-state index in [0.717, 1.165) is 4.90 Å². The molecule has 25 heavy (non-hydrogen) atoms. The van der Waals surface area contributed by atoms with E-state index in [4.69, 9.17) is 4.42 Å². The summed E-state index contributed by atoms with van der Waals surface area (Å²) in [4.78, 5) is 35.2. The first-order chi connectivity index (χ1) is 12.0. The number of carbonyl (C=O) groups is 2. The molecular formula is C17H13N3O5. The summed E-state index contributed by atoms with van der Waals surface area (Å²) in [5.41, 5.74) is 0.577. The van der Waals surface area contributed by atoms with E-state index >= 15 is 0 Å². The first-order valence-corrected chi connectivity index (χ1v) is 7.29. The molecule has 126 valence electrons. The van der Waals surface area contributed by atoms with Crippen LogP contribution in [-0.4, -0.2) is 28.3 Å². The Labute approximate surface area is 142 Å². The van der Waals surface area contributed by atoms with Gasteiger partial charge in [-0.25, -0.2) is 4.79 Å². The molecule has 0 saturated carbocycles. The van der Waals surface area contributed by atoms with Crippen LogP contribution in [0.4, 0.5) is 10.5 Å². The molecule has 2 aromatic rings. The minimum Gasteiger partial charge on any atom is -0.457 e. The van der Waals surface area contributed by atoms with E-state index in [9.17, 15) is 19.7 Å². The van der Waals surface area contributed by atoms with Crippen LogP contribution >= 0.6 is 0 Å². The highest BCUT2D eigenvalue weighted by Gasteiger charge is 2.32. The lowest BCUT2D eigenvalue weighted by molar-refractivity contribution is -0.384. The smallest absolute Gasteiger partial charge is 0.329 e. The molecule has 3 rings (SSSR count). The molecule has 3 amide bonds. The van der Waals surface area contributed by atoms with Gasteiger partial charge in [0.05, 0.1) is 4.92 Å². The van der Waals surface area contributed by atoms with Crippen molar-refractivity contribution in [2.75, 3.05) is 6.54 Å². The Kier molecular flexibility index (Phi) is 4.17. The lowest BCUT2D eigenvalue weighted by Gasteiger charge is -2.06. The minimum atomic E-state index is -0.526. The van der Waals surface area contributed by atoms with E-state index in [1.54, 1.807) is 24.3 Å². The van der Waals surface area contributed by atoms with Crippen molar-refractivity contribution in [2.45, 2.75) is 0 Å². The zero-order valence-electron chi connectivity index (χ0n) is 13.0. The van der Waals surface area contributed by atoms with Gasteiger partial charge in [0.2, 0.25) is 0 Å². The standard InChI is InChI=1S/C17H13N3O5/c1-2-8-19-16(21)14(18-17(19)22)10-13-6-7-15(25-13)11-4-3-5-12(9-11)20(23)24/h2-7,9-10H,1,8H2,(H,18,22)/b14-10+. The fourth-order valence-electron chi connectivity index (χ4n) is 2.37. The maximum Gasteiger partial charge on any atom is 0.329 e. The molecule has 1 aromatic carbocycles. The molecule has 1 aliphatic heterocycles. The predicted octanol–water partition coefficient (Wildman–Crippen LogP) is 2.93. The summed E-state index contributed by atoms with van der Waals surface area (Å²) in [5.74, 6) is 0.277. The lowest BCUT2D eigenvalue weighted by Crippen LogP contribution is -2.30. The van der Waals surface area contributed by atoms with Gasteiger partial charge in [-0.15, -0.1) is 6.58 Å². The maximum absolute atomic E-state index is 12.1. The van der Waals surface area contributed by atoms with Gasteiger partial charge < -0.3 is 9.73 Å². The minimum absolute atomic E-state index is 0.0490. The van der Waals surface area contributed by atoms with Crippen molar-refractivity contribution in [3.05, 3.63) is 70.6 Å². The molecule has 0 radical (unpaired) electrons. The van der Waals surface area contributed by atoms with Gasteiger partial charge in [-0.1, -0.05) is 18.2 Å². The Morgan fingerprint density at radius 3 is 2.80 bits per heavy atom. The van der Waals surface area contributed by atoms with Crippen molar-refractivity contribution in [3.8, 4) is 11.3 Å². The van der Waals surface area contributed by atoms with Crippen molar-refractivity contribution in [1.29, 1.82) is 0 Å². The molecule has 1 N–H and O–H groups in total. The number of hydrogen-bond acceptors (Lipinski definition) is 5. The van der Waals surface area contributed by atoms with Crippen LogP contribution < -0.4 is 5.32 Å². The van der Waals surface area contributed by atoms with Crippen LogP contribution in [-0.2, 0) is 4.79 Å². The molecule has 0 atom stereocenters. The third-order valence-corrected chi connectivity index (χ3v) is 3.53. The van der Waals surface area contributed by atoms with Gasteiger partial charge in [-0.2, -0.15) is 0 Å².